The van der Waals surface area contributed by atoms with Crippen LogP contribution >= 0.6 is 23.2 Å². The van der Waals surface area contributed by atoms with Crippen molar-refractivity contribution in [2.24, 2.45) is 0 Å². The molecule has 0 bridgehead atoms. The number of rotatable bonds is 4. The van der Waals surface area contributed by atoms with E-state index in [9.17, 15) is 9.59 Å². The van der Waals surface area contributed by atoms with Gasteiger partial charge in [-0.25, -0.2) is 0 Å². The summed E-state index contributed by atoms with van der Waals surface area (Å²) in [5.74, 6) is -0.385. The number of hydrogen-bond donors (Lipinski definition) is 1. The van der Waals surface area contributed by atoms with Gasteiger partial charge in [0.25, 0.3) is 0 Å². The van der Waals surface area contributed by atoms with Crippen LogP contribution in [0.2, 0.25) is 10.0 Å². The molecule has 0 aliphatic carbocycles. The van der Waals surface area contributed by atoms with E-state index in [0.717, 1.165) is 0 Å². The first-order chi connectivity index (χ1) is 9.06. The molecule has 19 heavy (non-hydrogen) atoms. The van der Waals surface area contributed by atoms with E-state index >= 15 is 0 Å². The summed E-state index contributed by atoms with van der Waals surface area (Å²) in [5.41, 5.74) is 0.634. The quantitative estimate of drug-likeness (QED) is 0.869. The lowest BCUT2D eigenvalue weighted by atomic mass is 10.1. The van der Waals surface area contributed by atoms with Gasteiger partial charge in [-0.05, 0) is 18.1 Å². The van der Waals surface area contributed by atoms with Crippen LogP contribution in [0, 0.1) is 0 Å². The molecule has 1 aliphatic heterocycles. The van der Waals surface area contributed by atoms with Gasteiger partial charge in [-0.2, -0.15) is 0 Å². The molecule has 6 heteroatoms. The molecular formula is C13H13Cl2NO3. The first kappa shape index (κ1) is 14.2. The summed E-state index contributed by atoms with van der Waals surface area (Å²) < 4.78 is 5.12. The predicted molar refractivity (Wildman–Crippen MR) is 72.3 cm³/mol. The lowest BCUT2D eigenvalue weighted by molar-refractivity contribution is -0.143. The van der Waals surface area contributed by atoms with Crippen LogP contribution in [0.4, 0.5) is 0 Å². The smallest absolute Gasteiger partial charge is 0.310 e. The van der Waals surface area contributed by atoms with Crippen molar-refractivity contribution in [1.29, 1.82) is 0 Å². The van der Waals surface area contributed by atoms with Crippen molar-refractivity contribution in [1.82, 2.24) is 5.32 Å². The van der Waals surface area contributed by atoms with Crippen molar-refractivity contribution < 1.29 is 14.3 Å². The van der Waals surface area contributed by atoms with Crippen molar-refractivity contribution in [2.75, 3.05) is 6.61 Å². The van der Waals surface area contributed by atoms with Crippen molar-refractivity contribution in [2.45, 2.75) is 25.3 Å². The molecule has 2 rings (SSSR count). The highest BCUT2D eigenvalue weighted by molar-refractivity contribution is 6.42. The fraction of sp³-hybridized carbons (Fsp3) is 0.385. The van der Waals surface area contributed by atoms with Crippen LogP contribution in [-0.4, -0.2) is 24.5 Å². The molecule has 1 aromatic carbocycles. The molecule has 1 atom stereocenters. The van der Waals surface area contributed by atoms with Crippen molar-refractivity contribution >= 4 is 35.1 Å². The topological polar surface area (TPSA) is 55.4 Å². The van der Waals surface area contributed by atoms with Crippen molar-refractivity contribution in [3.05, 3.63) is 33.8 Å². The summed E-state index contributed by atoms with van der Waals surface area (Å²) >= 11 is 11.8. The molecule has 4 nitrogen and oxygen atoms in total. The van der Waals surface area contributed by atoms with Crippen molar-refractivity contribution in [3.63, 3.8) is 0 Å². The lowest BCUT2D eigenvalue weighted by Crippen LogP contribution is -2.31. The fourth-order valence-electron chi connectivity index (χ4n) is 1.89. The molecule has 0 spiro atoms. The van der Waals surface area contributed by atoms with Crippen LogP contribution in [0.5, 0.6) is 0 Å². The third-order valence-electron chi connectivity index (χ3n) is 2.90. The number of carbonyl (C=O) groups excluding carboxylic acids is 2. The molecule has 1 aliphatic rings. The van der Waals surface area contributed by atoms with Crippen LogP contribution in [0.3, 0.4) is 0 Å². The largest absolute Gasteiger partial charge is 0.463 e. The van der Waals surface area contributed by atoms with Crippen molar-refractivity contribution in [3.8, 4) is 0 Å². The number of hydrogen-bond acceptors (Lipinski definition) is 3. The molecule has 1 saturated heterocycles. The van der Waals surface area contributed by atoms with E-state index in [1.54, 1.807) is 18.2 Å². The SMILES string of the molecule is O=C1CC[C@@H](COC(=O)Cc2cccc(Cl)c2Cl)N1. The molecule has 1 heterocycles. The Labute approximate surface area is 121 Å². The molecule has 1 N–H and O–H groups in total. The van der Waals surface area contributed by atoms with Gasteiger partial charge in [0.05, 0.1) is 22.5 Å². The third kappa shape index (κ3) is 3.85. The van der Waals surface area contributed by atoms with Gasteiger partial charge in [0.15, 0.2) is 0 Å². The van der Waals surface area contributed by atoms with Gasteiger partial charge >= 0.3 is 5.97 Å². The van der Waals surface area contributed by atoms with E-state index in [1.807, 2.05) is 0 Å². The normalized spacial score (nSPS) is 18.2. The Hall–Kier alpha value is -1.26. The van der Waals surface area contributed by atoms with Gasteiger partial charge in [-0.3, -0.25) is 9.59 Å². The molecule has 0 unspecified atom stereocenters. The second-order valence-electron chi connectivity index (χ2n) is 4.38. The molecule has 1 amide bonds. The summed E-state index contributed by atoms with van der Waals surface area (Å²) in [5, 5.41) is 3.51. The average molecular weight is 302 g/mol. The summed E-state index contributed by atoms with van der Waals surface area (Å²) in [7, 11) is 0. The first-order valence-corrected chi connectivity index (χ1v) is 6.69. The van der Waals surface area contributed by atoms with E-state index < -0.39 is 0 Å². The minimum atomic E-state index is -0.384. The van der Waals surface area contributed by atoms with Crippen LogP contribution in [0.1, 0.15) is 18.4 Å². The number of halogens is 2. The maximum Gasteiger partial charge on any atom is 0.310 e. The van der Waals surface area contributed by atoms with E-state index in [2.05, 4.69) is 5.32 Å². The maximum absolute atomic E-state index is 11.7. The number of ether oxygens (including phenoxy) is 1. The van der Waals surface area contributed by atoms with Crippen LogP contribution in [0.15, 0.2) is 18.2 Å². The second kappa shape index (κ2) is 6.26. The first-order valence-electron chi connectivity index (χ1n) is 5.94. The molecule has 1 aromatic rings. The summed E-state index contributed by atoms with van der Waals surface area (Å²) in [4.78, 5) is 22.7. The highest BCUT2D eigenvalue weighted by Crippen LogP contribution is 2.26. The van der Waals surface area contributed by atoms with Crippen LogP contribution in [-0.2, 0) is 20.7 Å². The molecule has 1 fully saturated rings. The standard InChI is InChI=1S/C13H13Cl2NO3/c14-10-3-1-2-8(13(10)15)6-12(18)19-7-9-4-5-11(17)16-9/h1-3,9H,4-7H2,(H,16,17)/t9-/m0/s1. The van der Waals surface area contributed by atoms with Gasteiger partial charge < -0.3 is 10.1 Å². The number of carbonyl (C=O) groups is 2. The summed E-state index contributed by atoms with van der Waals surface area (Å²) in [6.07, 6.45) is 1.26. The monoisotopic (exact) mass is 301 g/mol. The van der Waals surface area contributed by atoms with E-state index in [-0.39, 0.29) is 30.9 Å². The minimum Gasteiger partial charge on any atom is -0.463 e. The zero-order valence-electron chi connectivity index (χ0n) is 10.1. The minimum absolute atomic E-state index is 0.000986. The second-order valence-corrected chi connectivity index (χ2v) is 5.16. The van der Waals surface area contributed by atoms with Crippen LogP contribution in [0.25, 0.3) is 0 Å². The van der Waals surface area contributed by atoms with Gasteiger partial charge in [0.1, 0.15) is 6.61 Å². The average Bonchev–Trinajstić information content (AvgIpc) is 2.78. The Bertz CT molecular complexity index is 505. The highest BCUT2D eigenvalue weighted by atomic mass is 35.5. The zero-order valence-corrected chi connectivity index (χ0v) is 11.6. The van der Waals surface area contributed by atoms with Gasteiger partial charge in [-0.15, -0.1) is 0 Å². The maximum atomic E-state index is 11.7. The fourth-order valence-corrected chi connectivity index (χ4v) is 2.27. The Morgan fingerprint density at radius 3 is 2.89 bits per heavy atom. The Morgan fingerprint density at radius 1 is 1.42 bits per heavy atom. The summed E-state index contributed by atoms with van der Waals surface area (Å²) in [6.45, 7) is 0.197. The molecule has 102 valence electrons. The van der Waals surface area contributed by atoms with E-state index in [1.165, 1.54) is 0 Å². The Kier molecular flexibility index (Phi) is 4.66. The number of benzene rings is 1. The van der Waals surface area contributed by atoms with E-state index in [4.69, 9.17) is 27.9 Å². The molecular weight excluding hydrogens is 289 g/mol. The van der Waals surface area contributed by atoms with Gasteiger partial charge in [-0.1, -0.05) is 35.3 Å². The number of amides is 1. The van der Waals surface area contributed by atoms with Crippen LogP contribution < -0.4 is 5.32 Å². The predicted octanol–water partition coefficient (Wildman–Crippen LogP) is 2.36. The number of esters is 1. The highest BCUT2D eigenvalue weighted by Gasteiger charge is 2.22. The molecule has 0 saturated carbocycles. The summed E-state index contributed by atoms with van der Waals surface area (Å²) in [6, 6.07) is 5.04. The zero-order chi connectivity index (χ0) is 13.8. The Morgan fingerprint density at radius 2 is 2.21 bits per heavy atom. The lowest BCUT2D eigenvalue weighted by Gasteiger charge is -2.11. The molecule has 0 aromatic heterocycles. The third-order valence-corrected chi connectivity index (χ3v) is 3.75. The van der Waals surface area contributed by atoms with Gasteiger partial charge in [0, 0.05) is 6.42 Å². The number of nitrogens with one attached hydrogen (secondary N) is 1. The molecule has 0 radical (unpaired) electrons. The Balaban J connectivity index is 1.84. The van der Waals surface area contributed by atoms with Gasteiger partial charge in [0.2, 0.25) is 5.91 Å². The van der Waals surface area contributed by atoms with E-state index in [0.29, 0.717) is 28.5 Å².